The zero-order valence-electron chi connectivity index (χ0n) is 12.5. The van der Waals surface area contributed by atoms with Crippen LogP contribution >= 0.6 is 0 Å². The second-order valence-corrected chi connectivity index (χ2v) is 5.51. The number of rotatable bonds is 8. The molecule has 0 bridgehead atoms. The van der Waals surface area contributed by atoms with Gasteiger partial charge in [-0.1, -0.05) is 71.2 Å². The Kier molecular flexibility index (Phi) is 7.04. The van der Waals surface area contributed by atoms with E-state index < -0.39 is 0 Å². The number of aryl methyl sites for hydroxylation is 1. The lowest BCUT2D eigenvalue weighted by molar-refractivity contribution is 0.439. The Balaban J connectivity index is 2.78. The van der Waals surface area contributed by atoms with Gasteiger partial charge < -0.3 is 5.32 Å². The monoisotopic (exact) mass is 247 g/mol. The number of hydrogen-bond acceptors (Lipinski definition) is 1. The van der Waals surface area contributed by atoms with Gasteiger partial charge in [-0.25, -0.2) is 0 Å². The molecule has 1 rings (SSSR count). The molecule has 0 aliphatic heterocycles. The highest BCUT2D eigenvalue weighted by Crippen LogP contribution is 2.21. The summed E-state index contributed by atoms with van der Waals surface area (Å²) in [5, 5.41) is 3.70. The van der Waals surface area contributed by atoms with E-state index in [0.717, 1.165) is 0 Å². The van der Waals surface area contributed by atoms with Crippen molar-refractivity contribution in [1.29, 1.82) is 0 Å². The molecule has 0 aromatic heterocycles. The minimum absolute atomic E-state index is 0.516. The van der Waals surface area contributed by atoms with E-state index in [2.05, 4.69) is 57.3 Å². The van der Waals surface area contributed by atoms with Gasteiger partial charge in [0, 0.05) is 12.1 Å². The second-order valence-electron chi connectivity index (χ2n) is 5.51. The van der Waals surface area contributed by atoms with Crippen molar-refractivity contribution in [3.63, 3.8) is 0 Å². The number of benzene rings is 1. The topological polar surface area (TPSA) is 12.0 Å². The van der Waals surface area contributed by atoms with Crippen molar-refractivity contribution in [1.82, 2.24) is 5.32 Å². The first-order valence-electron chi connectivity index (χ1n) is 7.52. The predicted molar refractivity (Wildman–Crippen MR) is 81.0 cm³/mol. The Morgan fingerprint density at radius 1 is 1.11 bits per heavy atom. The summed E-state index contributed by atoms with van der Waals surface area (Å²) in [5.74, 6) is 0. The highest BCUT2D eigenvalue weighted by molar-refractivity contribution is 5.26. The Morgan fingerprint density at radius 3 is 2.50 bits per heavy atom. The average Bonchev–Trinajstić information content (AvgIpc) is 2.35. The van der Waals surface area contributed by atoms with E-state index in [0.29, 0.717) is 12.1 Å². The van der Waals surface area contributed by atoms with Crippen molar-refractivity contribution in [3.05, 3.63) is 35.4 Å². The molecular weight excluding hydrogens is 218 g/mol. The molecule has 1 atom stereocenters. The van der Waals surface area contributed by atoms with Gasteiger partial charge >= 0.3 is 0 Å². The third-order valence-corrected chi connectivity index (χ3v) is 3.27. The fraction of sp³-hybridized carbons (Fsp3) is 0.647. The van der Waals surface area contributed by atoms with Gasteiger partial charge in [-0.2, -0.15) is 0 Å². The fourth-order valence-electron chi connectivity index (χ4n) is 2.41. The molecule has 1 N–H and O–H groups in total. The maximum absolute atomic E-state index is 3.70. The van der Waals surface area contributed by atoms with Gasteiger partial charge in [0.05, 0.1) is 0 Å². The van der Waals surface area contributed by atoms with Crippen LogP contribution in [-0.2, 0) is 6.42 Å². The third kappa shape index (κ3) is 5.22. The average molecular weight is 247 g/mol. The molecular formula is C17H29N. The molecule has 1 aromatic carbocycles. The van der Waals surface area contributed by atoms with Crippen LogP contribution in [0.5, 0.6) is 0 Å². The zero-order chi connectivity index (χ0) is 13.4. The largest absolute Gasteiger partial charge is 0.308 e. The van der Waals surface area contributed by atoms with Crippen LogP contribution in [0, 0.1) is 0 Å². The third-order valence-electron chi connectivity index (χ3n) is 3.27. The Labute approximate surface area is 113 Å². The summed E-state index contributed by atoms with van der Waals surface area (Å²) < 4.78 is 0. The highest BCUT2D eigenvalue weighted by atomic mass is 14.9. The molecule has 1 aromatic rings. The Hall–Kier alpha value is -0.820. The number of nitrogens with one attached hydrogen (secondary N) is 1. The van der Waals surface area contributed by atoms with Crippen molar-refractivity contribution < 1.29 is 0 Å². The molecule has 1 heteroatoms. The van der Waals surface area contributed by atoms with Gasteiger partial charge in [-0.15, -0.1) is 0 Å². The maximum atomic E-state index is 3.70. The lowest BCUT2D eigenvalue weighted by atomic mass is 9.97. The fourth-order valence-corrected chi connectivity index (χ4v) is 2.41. The van der Waals surface area contributed by atoms with Gasteiger partial charge in [0.2, 0.25) is 0 Å². The van der Waals surface area contributed by atoms with E-state index in [1.54, 1.807) is 0 Å². The molecule has 0 fully saturated rings. The summed E-state index contributed by atoms with van der Waals surface area (Å²) in [6.07, 6.45) is 6.22. The first-order valence-corrected chi connectivity index (χ1v) is 7.52. The molecule has 1 unspecified atom stereocenters. The van der Waals surface area contributed by atoms with Crippen LogP contribution in [0.25, 0.3) is 0 Å². The van der Waals surface area contributed by atoms with E-state index in [-0.39, 0.29) is 0 Å². The molecule has 0 spiro atoms. The van der Waals surface area contributed by atoms with E-state index >= 15 is 0 Å². The van der Waals surface area contributed by atoms with Crippen LogP contribution in [0.2, 0.25) is 0 Å². The summed E-state index contributed by atoms with van der Waals surface area (Å²) in [6.45, 7) is 8.97. The van der Waals surface area contributed by atoms with Crippen molar-refractivity contribution in [3.8, 4) is 0 Å². The van der Waals surface area contributed by atoms with Crippen molar-refractivity contribution in [2.75, 3.05) is 0 Å². The smallest absolute Gasteiger partial charge is 0.0322 e. The lowest BCUT2D eigenvalue weighted by Crippen LogP contribution is -2.28. The minimum atomic E-state index is 0.516. The first kappa shape index (κ1) is 15.2. The zero-order valence-corrected chi connectivity index (χ0v) is 12.5. The van der Waals surface area contributed by atoms with Crippen molar-refractivity contribution in [2.24, 2.45) is 0 Å². The van der Waals surface area contributed by atoms with E-state index in [4.69, 9.17) is 0 Å². The van der Waals surface area contributed by atoms with Crippen LogP contribution in [-0.4, -0.2) is 6.04 Å². The summed E-state index contributed by atoms with van der Waals surface area (Å²) in [7, 11) is 0. The molecule has 0 aliphatic carbocycles. The van der Waals surface area contributed by atoms with E-state index in [1.165, 1.54) is 43.2 Å². The lowest BCUT2D eigenvalue weighted by Gasteiger charge is -2.22. The molecule has 0 heterocycles. The first-order chi connectivity index (χ1) is 8.67. The predicted octanol–water partition coefficient (Wildman–Crippen LogP) is 4.87. The van der Waals surface area contributed by atoms with Crippen LogP contribution in [0.15, 0.2) is 24.3 Å². The normalized spacial score (nSPS) is 12.9. The van der Waals surface area contributed by atoms with Gasteiger partial charge in [-0.05, 0) is 24.0 Å². The van der Waals surface area contributed by atoms with Gasteiger partial charge in [0.1, 0.15) is 0 Å². The molecule has 0 amide bonds. The van der Waals surface area contributed by atoms with E-state index in [9.17, 15) is 0 Å². The van der Waals surface area contributed by atoms with Crippen LogP contribution in [0.3, 0.4) is 0 Å². The van der Waals surface area contributed by atoms with E-state index in [1.807, 2.05) is 0 Å². The number of hydrogen-bond donors (Lipinski definition) is 1. The van der Waals surface area contributed by atoms with Crippen molar-refractivity contribution >= 4 is 0 Å². The van der Waals surface area contributed by atoms with Crippen molar-refractivity contribution in [2.45, 2.75) is 71.9 Å². The summed E-state index contributed by atoms with van der Waals surface area (Å²) in [6, 6.07) is 10.2. The molecule has 0 aliphatic rings. The molecule has 0 saturated carbocycles. The molecule has 1 nitrogen and oxygen atoms in total. The minimum Gasteiger partial charge on any atom is -0.308 e. The standard InChI is InChI=1S/C17H29N/c1-5-7-12-17(18-14(3)4)16-11-8-10-15(13-16)9-6-2/h8,10-11,13-14,17-18H,5-7,9,12H2,1-4H3. The Morgan fingerprint density at radius 2 is 1.89 bits per heavy atom. The quantitative estimate of drug-likeness (QED) is 0.691. The second kappa shape index (κ2) is 8.31. The highest BCUT2D eigenvalue weighted by Gasteiger charge is 2.12. The summed E-state index contributed by atoms with van der Waals surface area (Å²) >= 11 is 0. The van der Waals surface area contributed by atoms with Gasteiger partial charge in [0.25, 0.3) is 0 Å². The SMILES string of the molecule is CCCCC(NC(C)C)c1cccc(CCC)c1. The van der Waals surface area contributed by atoms with Crippen LogP contribution in [0.1, 0.15) is 70.5 Å². The molecule has 0 radical (unpaired) electrons. The van der Waals surface area contributed by atoms with Gasteiger partial charge in [-0.3, -0.25) is 0 Å². The van der Waals surface area contributed by atoms with Crippen LogP contribution < -0.4 is 5.32 Å². The van der Waals surface area contributed by atoms with Crippen LogP contribution in [0.4, 0.5) is 0 Å². The molecule has 102 valence electrons. The summed E-state index contributed by atoms with van der Waals surface area (Å²) in [5.41, 5.74) is 2.94. The Bertz CT molecular complexity index is 330. The number of unbranched alkanes of at least 4 members (excludes halogenated alkanes) is 1. The maximum Gasteiger partial charge on any atom is 0.0322 e. The molecule has 18 heavy (non-hydrogen) atoms. The van der Waals surface area contributed by atoms with Gasteiger partial charge in [0.15, 0.2) is 0 Å². The summed E-state index contributed by atoms with van der Waals surface area (Å²) in [4.78, 5) is 0. The molecule has 0 saturated heterocycles.